The van der Waals surface area contributed by atoms with Crippen molar-refractivity contribution in [3.63, 3.8) is 0 Å². The van der Waals surface area contributed by atoms with Crippen molar-refractivity contribution in [3.05, 3.63) is 99.8 Å². The van der Waals surface area contributed by atoms with Crippen LogP contribution in [0, 0.1) is 17.5 Å². The van der Waals surface area contributed by atoms with E-state index in [9.17, 15) is 22.8 Å². The van der Waals surface area contributed by atoms with Gasteiger partial charge in [-0.05, 0) is 79.8 Å². The molecule has 3 N–H and O–H groups in total. The zero-order chi connectivity index (χ0) is 25.8. The van der Waals surface area contributed by atoms with Gasteiger partial charge in [0.25, 0.3) is 11.8 Å². The summed E-state index contributed by atoms with van der Waals surface area (Å²) in [5.74, 6) is -3.28. The van der Waals surface area contributed by atoms with E-state index in [1.807, 2.05) is 0 Å². The number of carbonyl (C=O) groups is 2. The van der Waals surface area contributed by atoms with E-state index in [1.165, 1.54) is 18.2 Å². The average molecular weight is 516 g/mol. The van der Waals surface area contributed by atoms with Gasteiger partial charge in [-0.3, -0.25) is 9.59 Å². The van der Waals surface area contributed by atoms with Crippen LogP contribution in [0.5, 0.6) is 0 Å². The molecule has 2 amide bonds. The molecule has 1 fully saturated rings. The van der Waals surface area contributed by atoms with Crippen LogP contribution in [-0.4, -0.2) is 28.8 Å². The first-order valence-corrected chi connectivity index (χ1v) is 12.0. The second-order valence-corrected chi connectivity index (χ2v) is 9.34. The molecule has 0 bridgehead atoms. The fourth-order valence-electron chi connectivity index (χ4n) is 4.41. The summed E-state index contributed by atoms with van der Waals surface area (Å²) in [5.41, 5.74) is 6.99. The lowest BCUT2D eigenvalue weighted by Crippen LogP contribution is -2.44. The molecule has 3 aromatic carbocycles. The number of carbonyl (C=O) groups excluding carboxylic acids is 2. The van der Waals surface area contributed by atoms with Crippen LogP contribution < -0.4 is 11.1 Å². The molecule has 4 rings (SSSR count). The Morgan fingerprint density at radius 3 is 2.22 bits per heavy atom. The van der Waals surface area contributed by atoms with Crippen molar-refractivity contribution in [2.75, 3.05) is 5.32 Å². The highest BCUT2D eigenvalue weighted by Gasteiger charge is 2.29. The molecule has 0 saturated heterocycles. The molecule has 3 aromatic rings. The van der Waals surface area contributed by atoms with Crippen molar-refractivity contribution in [1.82, 2.24) is 4.90 Å². The number of nitrogens with zero attached hydrogens (tertiary/aromatic N) is 1. The third-order valence-electron chi connectivity index (χ3n) is 6.28. The van der Waals surface area contributed by atoms with Gasteiger partial charge < -0.3 is 16.0 Å². The maximum Gasteiger partial charge on any atom is 0.255 e. The summed E-state index contributed by atoms with van der Waals surface area (Å²) in [6, 6.07) is 12.7. The van der Waals surface area contributed by atoms with E-state index in [1.54, 1.807) is 29.2 Å². The molecule has 5 nitrogen and oxygen atoms in total. The first kappa shape index (κ1) is 25.7. The molecular weight excluding hydrogens is 491 g/mol. The monoisotopic (exact) mass is 515 g/mol. The highest BCUT2D eigenvalue weighted by atomic mass is 35.5. The van der Waals surface area contributed by atoms with Crippen molar-refractivity contribution < 1.29 is 22.8 Å². The number of rotatable bonds is 6. The fraction of sp³-hybridized carbons (Fsp3) is 0.259. The molecule has 36 heavy (non-hydrogen) atoms. The second kappa shape index (κ2) is 11.1. The number of benzene rings is 3. The van der Waals surface area contributed by atoms with E-state index in [0.29, 0.717) is 35.2 Å². The third kappa shape index (κ3) is 6.25. The zero-order valence-electron chi connectivity index (χ0n) is 19.3. The van der Waals surface area contributed by atoms with E-state index in [0.717, 1.165) is 25.0 Å². The lowest BCUT2D eigenvalue weighted by atomic mass is 9.90. The summed E-state index contributed by atoms with van der Waals surface area (Å²) in [6.07, 6.45) is 2.90. The Balaban J connectivity index is 1.60. The van der Waals surface area contributed by atoms with Gasteiger partial charge in [0, 0.05) is 46.5 Å². The van der Waals surface area contributed by atoms with Gasteiger partial charge in [0.1, 0.15) is 17.5 Å². The van der Waals surface area contributed by atoms with Crippen molar-refractivity contribution in [3.8, 4) is 0 Å². The predicted molar refractivity (Wildman–Crippen MR) is 132 cm³/mol. The summed E-state index contributed by atoms with van der Waals surface area (Å²) < 4.78 is 40.9. The van der Waals surface area contributed by atoms with Gasteiger partial charge in [0.2, 0.25) is 0 Å². The fourth-order valence-corrected chi connectivity index (χ4v) is 4.59. The van der Waals surface area contributed by atoms with Crippen LogP contribution in [0.2, 0.25) is 5.02 Å². The molecule has 0 spiro atoms. The Hall–Kier alpha value is -3.36. The minimum absolute atomic E-state index is 0.0714. The van der Waals surface area contributed by atoms with Crippen LogP contribution in [-0.2, 0) is 6.54 Å². The first-order chi connectivity index (χ1) is 17.2. The molecule has 0 aromatic heterocycles. The van der Waals surface area contributed by atoms with Gasteiger partial charge >= 0.3 is 0 Å². The molecule has 188 valence electrons. The summed E-state index contributed by atoms with van der Waals surface area (Å²) in [5, 5.41) is 2.98. The Bertz CT molecular complexity index is 1260. The summed E-state index contributed by atoms with van der Waals surface area (Å²) in [6.45, 7) is 0.117. The van der Waals surface area contributed by atoms with Crippen LogP contribution in [0.3, 0.4) is 0 Å². The lowest BCUT2D eigenvalue weighted by Gasteiger charge is -2.36. The number of hydrogen-bond donors (Lipinski definition) is 2. The summed E-state index contributed by atoms with van der Waals surface area (Å²) >= 11 is 6.44. The van der Waals surface area contributed by atoms with Crippen LogP contribution in [0.15, 0.2) is 60.7 Å². The molecule has 1 aliphatic rings. The van der Waals surface area contributed by atoms with Gasteiger partial charge in [-0.15, -0.1) is 0 Å². The van der Waals surface area contributed by atoms with Crippen molar-refractivity contribution >= 4 is 29.1 Å². The van der Waals surface area contributed by atoms with Crippen molar-refractivity contribution in [2.24, 2.45) is 5.73 Å². The van der Waals surface area contributed by atoms with Gasteiger partial charge in [-0.1, -0.05) is 17.7 Å². The Morgan fingerprint density at radius 2 is 1.56 bits per heavy atom. The highest BCUT2D eigenvalue weighted by molar-refractivity contribution is 6.31. The highest BCUT2D eigenvalue weighted by Crippen LogP contribution is 2.29. The SMILES string of the molecule is NC1CCC(N(Cc2cc(NC(=O)c3cc(F)cc(F)c3)ccc2Cl)C(=O)c2cccc(F)c2)CC1. The van der Waals surface area contributed by atoms with E-state index >= 15 is 0 Å². The van der Waals surface area contributed by atoms with E-state index in [4.69, 9.17) is 17.3 Å². The van der Waals surface area contributed by atoms with Gasteiger partial charge in [0.05, 0.1) is 0 Å². The maximum atomic E-state index is 13.8. The number of halogens is 4. The van der Waals surface area contributed by atoms with Gasteiger partial charge in [0.15, 0.2) is 0 Å². The number of hydrogen-bond acceptors (Lipinski definition) is 3. The molecule has 0 aliphatic heterocycles. The molecule has 0 heterocycles. The standard InChI is InChI=1S/C27H25ClF3N3O2/c28-25-9-6-23(33-26(35)17-11-20(30)14-21(31)12-17)13-18(25)15-34(24-7-4-22(32)5-8-24)27(36)16-2-1-3-19(29)10-16/h1-3,6,9-14,22,24H,4-5,7-8,15,32H2,(H,33,35). The molecule has 0 unspecified atom stereocenters. The minimum Gasteiger partial charge on any atom is -0.331 e. The molecule has 9 heteroatoms. The Kier molecular flexibility index (Phi) is 7.96. The average Bonchev–Trinajstić information content (AvgIpc) is 2.84. The van der Waals surface area contributed by atoms with Crippen LogP contribution in [0.4, 0.5) is 18.9 Å². The molecular formula is C27H25ClF3N3O2. The maximum absolute atomic E-state index is 13.8. The number of nitrogens with two attached hydrogens (primary N) is 1. The van der Waals surface area contributed by atoms with Gasteiger partial charge in [-0.2, -0.15) is 0 Å². The van der Waals surface area contributed by atoms with E-state index in [-0.39, 0.29) is 35.7 Å². The number of amides is 2. The smallest absolute Gasteiger partial charge is 0.255 e. The summed E-state index contributed by atoms with van der Waals surface area (Å²) in [7, 11) is 0. The normalized spacial score (nSPS) is 17.5. The Morgan fingerprint density at radius 1 is 0.889 bits per heavy atom. The van der Waals surface area contributed by atoms with Crippen LogP contribution >= 0.6 is 11.6 Å². The summed E-state index contributed by atoms with van der Waals surface area (Å²) in [4.78, 5) is 27.7. The Labute approximate surface area is 212 Å². The van der Waals surface area contributed by atoms with Crippen molar-refractivity contribution in [2.45, 2.75) is 44.3 Å². The molecule has 1 aliphatic carbocycles. The van der Waals surface area contributed by atoms with Crippen molar-refractivity contribution in [1.29, 1.82) is 0 Å². The predicted octanol–water partition coefficient (Wildman–Crippen LogP) is 5.92. The molecule has 1 saturated carbocycles. The van der Waals surface area contributed by atoms with Gasteiger partial charge in [-0.25, -0.2) is 13.2 Å². The largest absolute Gasteiger partial charge is 0.331 e. The molecule has 0 atom stereocenters. The second-order valence-electron chi connectivity index (χ2n) is 8.93. The van der Waals surface area contributed by atoms with Crippen LogP contribution in [0.25, 0.3) is 0 Å². The quantitative estimate of drug-likeness (QED) is 0.428. The topological polar surface area (TPSA) is 75.4 Å². The van der Waals surface area contributed by atoms with E-state index < -0.39 is 23.4 Å². The minimum atomic E-state index is -0.865. The van der Waals surface area contributed by atoms with E-state index in [2.05, 4.69) is 5.32 Å². The molecule has 0 radical (unpaired) electrons. The lowest BCUT2D eigenvalue weighted by molar-refractivity contribution is 0.0606. The third-order valence-corrected chi connectivity index (χ3v) is 6.65. The first-order valence-electron chi connectivity index (χ1n) is 11.6. The zero-order valence-corrected chi connectivity index (χ0v) is 20.1. The number of anilines is 1. The van der Waals surface area contributed by atoms with Crippen LogP contribution in [0.1, 0.15) is 52.0 Å². The number of nitrogens with one attached hydrogen (secondary N) is 1.